The summed E-state index contributed by atoms with van der Waals surface area (Å²) in [4.78, 5) is 12.0. The summed E-state index contributed by atoms with van der Waals surface area (Å²) in [6.45, 7) is 12.8. The van der Waals surface area contributed by atoms with Crippen LogP contribution in [-0.2, 0) is 23.7 Å². The zero-order chi connectivity index (χ0) is 16.5. The first-order chi connectivity index (χ1) is 10.2. The second kappa shape index (κ2) is 6.46. The van der Waals surface area contributed by atoms with Gasteiger partial charge in [0.1, 0.15) is 18.3 Å². The van der Waals surface area contributed by atoms with Gasteiger partial charge in [-0.25, -0.2) is 0 Å². The lowest BCUT2D eigenvalue weighted by atomic mass is 9.97. The fourth-order valence-corrected chi connectivity index (χ4v) is 2.73. The molecule has 2 heterocycles. The van der Waals surface area contributed by atoms with Gasteiger partial charge in [-0.1, -0.05) is 13.8 Å². The first-order valence-electron chi connectivity index (χ1n) is 8.32. The lowest BCUT2D eigenvalue weighted by molar-refractivity contribution is -0.163. The number of fused-ring (bicyclic) bond motifs is 1. The molecule has 0 bridgehead atoms. The lowest BCUT2D eigenvalue weighted by Gasteiger charge is -2.32. The highest BCUT2D eigenvalue weighted by molar-refractivity contribution is 5.75. The van der Waals surface area contributed by atoms with E-state index < -0.39 is 5.41 Å². The van der Waals surface area contributed by atoms with Crippen LogP contribution in [0, 0.1) is 5.41 Å². The first kappa shape index (κ1) is 17.7. The van der Waals surface area contributed by atoms with Crippen LogP contribution in [0.3, 0.4) is 0 Å². The average molecular weight is 314 g/mol. The average Bonchev–Trinajstić information content (AvgIpc) is 3.02. The van der Waals surface area contributed by atoms with E-state index in [4.69, 9.17) is 18.9 Å². The Morgan fingerprint density at radius 1 is 1.00 bits per heavy atom. The molecule has 5 heteroatoms. The molecule has 0 unspecified atom stereocenters. The van der Waals surface area contributed by atoms with E-state index in [2.05, 4.69) is 20.8 Å². The minimum Gasteiger partial charge on any atom is -0.457 e. The Morgan fingerprint density at radius 2 is 1.50 bits per heavy atom. The van der Waals surface area contributed by atoms with Gasteiger partial charge in [0.25, 0.3) is 0 Å². The third kappa shape index (κ3) is 3.63. The van der Waals surface area contributed by atoms with E-state index in [1.807, 2.05) is 20.8 Å². The number of esters is 1. The van der Waals surface area contributed by atoms with Crippen LogP contribution in [0.1, 0.15) is 54.4 Å². The molecule has 0 aromatic heterocycles. The maximum absolute atomic E-state index is 12.0. The monoisotopic (exact) mass is 314 g/mol. The highest BCUT2D eigenvalue weighted by Gasteiger charge is 2.51. The minimum atomic E-state index is -0.518. The van der Waals surface area contributed by atoms with Crippen molar-refractivity contribution in [2.24, 2.45) is 5.41 Å². The maximum Gasteiger partial charge on any atom is 0.311 e. The van der Waals surface area contributed by atoms with Gasteiger partial charge < -0.3 is 18.9 Å². The van der Waals surface area contributed by atoms with E-state index in [0.717, 1.165) is 12.8 Å². The number of carbonyl (C=O) groups excluding carboxylic acids is 1. The molecule has 128 valence electrons. The van der Waals surface area contributed by atoms with Gasteiger partial charge in [-0.05, 0) is 40.5 Å². The number of hydrogen-bond acceptors (Lipinski definition) is 5. The van der Waals surface area contributed by atoms with Gasteiger partial charge in [0.15, 0.2) is 6.10 Å². The summed E-state index contributed by atoms with van der Waals surface area (Å²) in [6, 6.07) is 0. The summed E-state index contributed by atoms with van der Waals surface area (Å²) in [5.41, 5.74) is -0.679. The summed E-state index contributed by atoms with van der Waals surface area (Å²) >= 11 is 0. The molecule has 0 aromatic rings. The maximum atomic E-state index is 12.0. The Labute approximate surface area is 133 Å². The number of carbonyl (C=O) groups is 1. The molecular formula is C17H30O5. The Kier molecular flexibility index (Phi) is 5.20. The van der Waals surface area contributed by atoms with Crippen LogP contribution < -0.4 is 0 Å². The minimum absolute atomic E-state index is 0.0896. The van der Waals surface area contributed by atoms with Gasteiger partial charge >= 0.3 is 5.97 Å². The van der Waals surface area contributed by atoms with Crippen molar-refractivity contribution in [1.29, 1.82) is 0 Å². The third-order valence-corrected chi connectivity index (χ3v) is 4.77. The van der Waals surface area contributed by atoms with Crippen molar-refractivity contribution in [3.8, 4) is 0 Å². The largest absolute Gasteiger partial charge is 0.457 e. The van der Waals surface area contributed by atoms with E-state index >= 15 is 0 Å². The summed E-state index contributed by atoms with van der Waals surface area (Å²) in [6.07, 6.45) is 1.11. The summed E-state index contributed by atoms with van der Waals surface area (Å²) in [5, 5.41) is 0. The summed E-state index contributed by atoms with van der Waals surface area (Å²) in [5.74, 6) is -0.221. The number of ether oxygens (including phenoxy) is 4. The van der Waals surface area contributed by atoms with Crippen LogP contribution in [0.25, 0.3) is 0 Å². The molecule has 0 amide bonds. The standard InChI is InChI=1S/C17H30O5/c1-7-17(6,8-2)22-12-10-20-13-11(9-19-14(12)13)21-15(18)16(3,4)5/h11-14H,7-10H2,1-6H3/t11-,12-,13+,14+/m0/s1. The van der Waals surface area contributed by atoms with E-state index in [1.54, 1.807) is 0 Å². The highest BCUT2D eigenvalue weighted by Crippen LogP contribution is 2.35. The molecule has 0 radical (unpaired) electrons. The lowest BCUT2D eigenvalue weighted by Crippen LogP contribution is -2.41. The van der Waals surface area contributed by atoms with Crippen molar-refractivity contribution in [3.05, 3.63) is 0 Å². The molecule has 22 heavy (non-hydrogen) atoms. The molecule has 0 spiro atoms. The van der Waals surface area contributed by atoms with Gasteiger partial charge in [-0.15, -0.1) is 0 Å². The molecule has 2 fully saturated rings. The van der Waals surface area contributed by atoms with Gasteiger partial charge in [0.2, 0.25) is 0 Å². The Balaban J connectivity index is 1.96. The Hall–Kier alpha value is -0.650. The van der Waals surface area contributed by atoms with E-state index in [-0.39, 0.29) is 36.0 Å². The van der Waals surface area contributed by atoms with Crippen LogP contribution in [0.5, 0.6) is 0 Å². The predicted octanol–water partition coefficient (Wildman–Crippen LogP) is 2.71. The number of rotatable bonds is 5. The quantitative estimate of drug-likeness (QED) is 0.730. The third-order valence-electron chi connectivity index (χ3n) is 4.77. The SMILES string of the molecule is CCC(C)(CC)O[C@H]1CO[C@H]2[C@@H]1OC[C@@H]2OC(=O)C(C)(C)C. The smallest absolute Gasteiger partial charge is 0.311 e. The molecule has 0 N–H and O–H groups in total. The van der Waals surface area contributed by atoms with Crippen LogP contribution in [0.15, 0.2) is 0 Å². The molecule has 0 saturated carbocycles. The van der Waals surface area contributed by atoms with Crippen LogP contribution in [-0.4, -0.2) is 49.2 Å². The van der Waals surface area contributed by atoms with Crippen molar-refractivity contribution < 1.29 is 23.7 Å². The van der Waals surface area contributed by atoms with E-state index in [1.165, 1.54) is 0 Å². The molecule has 5 nitrogen and oxygen atoms in total. The Bertz CT molecular complexity index is 396. The predicted molar refractivity (Wildman–Crippen MR) is 82.7 cm³/mol. The summed E-state index contributed by atoms with van der Waals surface area (Å²) in [7, 11) is 0. The van der Waals surface area contributed by atoms with Gasteiger partial charge in [0, 0.05) is 0 Å². The molecule has 2 rings (SSSR count). The summed E-state index contributed by atoms with van der Waals surface area (Å²) < 4.78 is 23.5. The van der Waals surface area contributed by atoms with Crippen LogP contribution >= 0.6 is 0 Å². The zero-order valence-electron chi connectivity index (χ0n) is 14.7. The molecule has 4 atom stereocenters. The second-order valence-corrected chi connectivity index (χ2v) is 7.60. The normalized spacial score (nSPS) is 32.1. The Morgan fingerprint density at radius 3 is 2.00 bits per heavy atom. The van der Waals surface area contributed by atoms with Crippen LogP contribution in [0.2, 0.25) is 0 Å². The zero-order valence-corrected chi connectivity index (χ0v) is 14.7. The fraction of sp³-hybridized carbons (Fsp3) is 0.941. The molecule has 2 aliphatic rings. The van der Waals surface area contributed by atoms with Crippen molar-refractivity contribution in [2.75, 3.05) is 13.2 Å². The van der Waals surface area contributed by atoms with Gasteiger partial charge in [-0.3, -0.25) is 4.79 Å². The first-order valence-corrected chi connectivity index (χ1v) is 8.32. The van der Waals surface area contributed by atoms with Crippen LogP contribution in [0.4, 0.5) is 0 Å². The number of hydrogen-bond donors (Lipinski definition) is 0. The molecular weight excluding hydrogens is 284 g/mol. The molecule has 2 saturated heterocycles. The van der Waals surface area contributed by atoms with Crippen molar-refractivity contribution in [1.82, 2.24) is 0 Å². The molecule has 2 aliphatic heterocycles. The highest BCUT2D eigenvalue weighted by atomic mass is 16.7. The molecule has 0 aliphatic carbocycles. The van der Waals surface area contributed by atoms with E-state index in [9.17, 15) is 4.79 Å². The fourth-order valence-electron chi connectivity index (χ4n) is 2.73. The van der Waals surface area contributed by atoms with Crippen molar-refractivity contribution in [3.63, 3.8) is 0 Å². The molecule has 0 aromatic carbocycles. The van der Waals surface area contributed by atoms with Crippen molar-refractivity contribution >= 4 is 5.97 Å². The van der Waals surface area contributed by atoms with Gasteiger partial charge in [0.05, 0.1) is 24.2 Å². The van der Waals surface area contributed by atoms with E-state index in [0.29, 0.717) is 13.2 Å². The van der Waals surface area contributed by atoms with Gasteiger partial charge in [-0.2, -0.15) is 0 Å². The van der Waals surface area contributed by atoms with Crippen molar-refractivity contribution in [2.45, 2.75) is 84.4 Å². The topological polar surface area (TPSA) is 54.0 Å². The second-order valence-electron chi connectivity index (χ2n) is 7.60.